The highest BCUT2D eigenvalue weighted by Crippen LogP contribution is 2.36. The Morgan fingerprint density at radius 2 is 1.78 bits per heavy atom. The Kier molecular flexibility index (Phi) is 4.20. The maximum atomic E-state index is 13.4. The minimum Gasteiger partial charge on any atom is -0.265 e. The smallest absolute Gasteiger partial charge is 0.142 e. The molecule has 2 rings (SSSR count). The quantitative estimate of drug-likeness (QED) is 0.726. The van der Waals surface area contributed by atoms with Crippen LogP contribution in [0.3, 0.4) is 0 Å². The highest BCUT2D eigenvalue weighted by Gasteiger charge is 2.19. The predicted octanol–water partition coefficient (Wildman–Crippen LogP) is 4.96. The summed E-state index contributed by atoms with van der Waals surface area (Å²) in [7, 11) is 0. The summed E-state index contributed by atoms with van der Waals surface area (Å²) < 4.78 is 13.4. The third-order valence-electron chi connectivity index (χ3n) is 2.93. The first-order chi connectivity index (χ1) is 8.59. The Balaban J connectivity index is 2.25. The van der Waals surface area contributed by atoms with Crippen LogP contribution < -0.4 is 0 Å². The second kappa shape index (κ2) is 5.68. The lowest BCUT2D eigenvalue weighted by atomic mass is 9.94. The van der Waals surface area contributed by atoms with Gasteiger partial charge in [-0.3, -0.25) is 4.98 Å². The second-order valence-electron chi connectivity index (χ2n) is 4.14. The standard InChI is InChI=1S/C14H12Cl2FN/c1-9(10-4-6-18-7-5-10)14(16)11-2-3-12(15)13(17)8-11/h2-9,14H,1H3. The Morgan fingerprint density at radius 3 is 2.39 bits per heavy atom. The van der Waals surface area contributed by atoms with Crippen molar-refractivity contribution in [3.05, 3.63) is 64.7 Å². The number of hydrogen-bond donors (Lipinski definition) is 0. The number of pyridine rings is 1. The fraction of sp³-hybridized carbons (Fsp3) is 0.214. The Bertz CT molecular complexity index is 531. The molecule has 2 unspecified atom stereocenters. The first-order valence-electron chi connectivity index (χ1n) is 5.58. The zero-order valence-electron chi connectivity index (χ0n) is 9.78. The summed E-state index contributed by atoms with van der Waals surface area (Å²) in [6.45, 7) is 2.00. The van der Waals surface area contributed by atoms with E-state index >= 15 is 0 Å². The summed E-state index contributed by atoms with van der Waals surface area (Å²) in [6, 6.07) is 8.48. The van der Waals surface area contributed by atoms with E-state index in [0.717, 1.165) is 11.1 Å². The fourth-order valence-electron chi connectivity index (χ4n) is 1.81. The van der Waals surface area contributed by atoms with Crippen LogP contribution in [0.25, 0.3) is 0 Å². The summed E-state index contributed by atoms with van der Waals surface area (Å²) >= 11 is 12.0. The van der Waals surface area contributed by atoms with Crippen LogP contribution in [0.15, 0.2) is 42.7 Å². The van der Waals surface area contributed by atoms with Gasteiger partial charge in [0.15, 0.2) is 0 Å². The van der Waals surface area contributed by atoms with Crippen LogP contribution in [0.5, 0.6) is 0 Å². The molecule has 0 bridgehead atoms. The molecular formula is C14H12Cl2FN. The second-order valence-corrected chi connectivity index (χ2v) is 5.02. The van der Waals surface area contributed by atoms with E-state index in [4.69, 9.17) is 23.2 Å². The maximum absolute atomic E-state index is 13.4. The van der Waals surface area contributed by atoms with Crippen LogP contribution in [0.4, 0.5) is 4.39 Å². The molecule has 1 heterocycles. The summed E-state index contributed by atoms with van der Waals surface area (Å²) in [4.78, 5) is 3.97. The molecule has 0 saturated heterocycles. The van der Waals surface area contributed by atoms with E-state index in [1.54, 1.807) is 18.5 Å². The first-order valence-corrected chi connectivity index (χ1v) is 6.40. The number of hydrogen-bond acceptors (Lipinski definition) is 1. The number of halogens is 3. The molecule has 0 N–H and O–H groups in total. The summed E-state index contributed by atoms with van der Waals surface area (Å²) in [6.07, 6.45) is 3.44. The SMILES string of the molecule is CC(c1ccncc1)C(Cl)c1ccc(Cl)c(F)c1. The van der Waals surface area contributed by atoms with Gasteiger partial charge in [-0.05, 0) is 35.4 Å². The van der Waals surface area contributed by atoms with Crippen molar-refractivity contribution in [1.82, 2.24) is 4.98 Å². The van der Waals surface area contributed by atoms with Crippen LogP contribution in [0, 0.1) is 5.82 Å². The minimum atomic E-state index is -0.443. The molecule has 0 amide bonds. The Hall–Kier alpha value is -1.12. The Labute approximate surface area is 116 Å². The molecule has 0 aliphatic carbocycles. The van der Waals surface area contributed by atoms with Crippen molar-refractivity contribution in [2.24, 2.45) is 0 Å². The van der Waals surface area contributed by atoms with E-state index in [0.29, 0.717) is 0 Å². The molecule has 0 spiro atoms. The largest absolute Gasteiger partial charge is 0.265 e. The van der Waals surface area contributed by atoms with E-state index < -0.39 is 5.82 Å². The highest BCUT2D eigenvalue weighted by molar-refractivity contribution is 6.30. The van der Waals surface area contributed by atoms with E-state index in [9.17, 15) is 4.39 Å². The van der Waals surface area contributed by atoms with Crippen molar-refractivity contribution < 1.29 is 4.39 Å². The molecule has 2 aromatic rings. The number of alkyl halides is 1. The van der Waals surface area contributed by atoms with Crippen LogP contribution in [0.2, 0.25) is 5.02 Å². The zero-order valence-corrected chi connectivity index (χ0v) is 11.3. The average molecular weight is 284 g/mol. The predicted molar refractivity (Wildman–Crippen MR) is 72.7 cm³/mol. The van der Waals surface area contributed by atoms with Crippen molar-refractivity contribution in [3.8, 4) is 0 Å². The van der Waals surface area contributed by atoms with Gasteiger partial charge < -0.3 is 0 Å². The molecule has 94 valence electrons. The third-order valence-corrected chi connectivity index (χ3v) is 3.87. The van der Waals surface area contributed by atoms with E-state index in [2.05, 4.69) is 4.98 Å². The van der Waals surface area contributed by atoms with Crippen molar-refractivity contribution >= 4 is 23.2 Å². The van der Waals surface area contributed by atoms with Gasteiger partial charge in [0, 0.05) is 18.3 Å². The van der Waals surface area contributed by atoms with Crippen molar-refractivity contribution in [2.45, 2.75) is 18.2 Å². The lowest BCUT2D eigenvalue weighted by Crippen LogP contribution is -2.03. The number of aromatic nitrogens is 1. The molecule has 4 heteroatoms. The van der Waals surface area contributed by atoms with Crippen LogP contribution >= 0.6 is 23.2 Å². The third kappa shape index (κ3) is 2.82. The van der Waals surface area contributed by atoms with Crippen LogP contribution in [0.1, 0.15) is 29.3 Å². The normalized spacial score (nSPS) is 14.2. The van der Waals surface area contributed by atoms with Gasteiger partial charge in [0.05, 0.1) is 10.4 Å². The molecule has 1 nitrogen and oxygen atoms in total. The van der Waals surface area contributed by atoms with E-state index in [1.807, 2.05) is 19.1 Å². The molecule has 18 heavy (non-hydrogen) atoms. The Morgan fingerprint density at radius 1 is 1.11 bits per heavy atom. The van der Waals surface area contributed by atoms with E-state index in [1.165, 1.54) is 12.1 Å². The highest BCUT2D eigenvalue weighted by atomic mass is 35.5. The molecule has 0 saturated carbocycles. The molecule has 0 aliphatic rings. The van der Waals surface area contributed by atoms with Gasteiger partial charge in [-0.15, -0.1) is 11.6 Å². The lowest BCUT2D eigenvalue weighted by Gasteiger charge is -2.18. The number of rotatable bonds is 3. The van der Waals surface area contributed by atoms with Crippen molar-refractivity contribution in [3.63, 3.8) is 0 Å². The zero-order chi connectivity index (χ0) is 13.1. The molecule has 1 aromatic carbocycles. The summed E-state index contributed by atoms with van der Waals surface area (Å²) in [5.74, 6) is -0.378. The first kappa shape index (κ1) is 13.3. The van der Waals surface area contributed by atoms with Gasteiger partial charge in [-0.2, -0.15) is 0 Å². The summed E-state index contributed by atoms with van der Waals surface area (Å²) in [5.41, 5.74) is 1.79. The molecule has 0 radical (unpaired) electrons. The number of benzene rings is 1. The average Bonchev–Trinajstić information content (AvgIpc) is 2.41. The number of nitrogens with zero attached hydrogens (tertiary/aromatic N) is 1. The lowest BCUT2D eigenvalue weighted by molar-refractivity contribution is 0.622. The van der Waals surface area contributed by atoms with Gasteiger partial charge in [-0.25, -0.2) is 4.39 Å². The van der Waals surface area contributed by atoms with Gasteiger partial charge >= 0.3 is 0 Å². The van der Waals surface area contributed by atoms with Gasteiger partial charge in [-0.1, -0.05) is 24.6 Å². The van der Waals surface area contributed by atoms with Crippen molar-refractivity contribution in [1.29, 1.82) is 0 Å². The van der Waals surface area contributed by atoms with Gasteiger partial charge in [0.2, 0.25) is 0 Å². The summed E-state index contributed by atoms with van der Waals surface area (Å²) in [5, 5.41) is -0.196. The maximum Gasteiger partial charge on any atom is 0.142 e. The fourth-order valence-corrected chi connectivity index (χ4v) is 2.21. The van der Waals surface area contributed by atoms with Gasteiger partial charge in [0.25, 0.3) is 0 Å². The van der Waals surface area contributed by atoms with E-state index in [-0.39, 0.29) is 16.3 Å². The monoisotopic (exact) mass is 283 g/mol. The van der Waals surface area contributed by atoms with Crippen LogP contribution in [-0.4, -0.2) is 4.98 Å². The minimum absolute atomic E-state index is 0.0650. The van der Waals surface area contributed by atoms with Crippen molar-refractivity contribution in [2.75, 3.05) is 0 Å². The van der Waals surface area contributed by atoms with Crippen LogP contribution in [-0.2, 0) is 0 Å². The molecule has 0 fully saturated rings. The molecule has 1 aromatic heterocycles. The molecule has 2 atom stereocenters. The topological polar surface area (TPSA) is 12.9 Å². The molecule has 0 aliphatic heterocycles. The van der Waals surface area contributed by atoms with Gasteiger partial charge in [0.1, 0.15) is 5.82 Å². The molecular weight excluding hydrogens is 272 g/mol.